The number of nitriles is 1. The number of esters is 1. The molecule has 112 valence electrons. The van der Waals surface area contributed by atoms with Gasteiger partial charge in [0.1, 0.15) is 6.07 Å². The second-order valence-corrected chi connectivity index (χ2v) is 5.02. The van der Waals surface area contributed by atoms with Crippen molar-refractivity contribution < 1.29 is 14.3 Å². The van der Waals surface area contributed by atoms with E-state index in [0.717, 1.165) is 30.7 Å². The van der Waals surface area contributed by atoms with E-state index in [4.69, 9.17) is 9.47 Å². The first-order valence-electron chi connectivity index (χ1n) is 7.20. The summed E-state index contributed by atoms with van der Waals surface area (Å²) in [7, 11) is 0. The molecule has 1 heterocycles. The first-order valence-corrected chi connectivity index (χ1v) is 7.20. The van der Waals surface area contributed by atoms with Gasteiger partial charge in [-0.1, -0.05) is 0 Å². The molecule has 1 aliphatic rings. The smallest absolute Gasteiger partial charge is 0.339 e. The largest absolute Gasteiger partial charge is 0.462 e. The molecule has 21 heavy (non-hydrogen) atoms. The highest BCUT2D eigenvalue weighted by atomic mass is 16.5. The minimum atomic E-state index is -0.450. The highest BCUT2D eigenvalue weighted by Gasteiger charge is 2.21. The summed E-state index contributed by atoms with van der Waals surface area (Å²) in [6.45, 7) is 6.18. The molecule has 1 aromatic carbocycles. The highest BCUT2D eigenvalue weighted by Crippen LogP contribution is 2.24. The number of ether oxygens (including phenoxy) is 2. The van der Waals surface area contributed by atoms with Gasteiger partial charge in [0.15, 0.2) is 0 Å². The van der Waals surface area contributed by atoms with Crippen LogP contribution in [-0.2, 0) is 9.47 Å². The van der Waals surface area contributed by atoms with Crippen LogP contribution in [0.3, 0.4) is 0 Å². The molecule has 1 aliphatic heterocycles. The molecule has 1 aromatic rings. The Bertz CT molecular complexity index is 555. The van der Waals surface area contributed by atoms with Crippen molar-refractivity contribution in [3.8, 4) is 6.07 Å². The Morgan fingerprint density at radius 3 is 3.10 bits per heavy atom. The van der Waals surface area contributed by atoms with Crippen molar-refractivity contribution >= 4 is 5.97 Å². The maximum atomic E-state index is 11.9. The molecular formula is C16H20N2O3. The predicted molar refractivity (Wildman–Crippen MR) is 78.0 cm³/mol. The fourth-order valence-electron chi connectivity index (χ4n) is 2.48. The van der Waals surface area contributed by atoms with Crippen molar-refractivity contribution in [2.45, 2.75) is 26.3 Å². The van der Waals surface area contributed by atoms with Gasteiger partial charge >= 0.3 is 5.97 Å². The van der Waals surface area contributed by atoms with Gasteiger partial charge in [-0.05, 0) is 50.1 Å². The second kappa shape index (κ2) is 7.21. The molecule has 0 aromatic heterocycles. The van der Waals surface area contributed by atoms with E-state index in [1.165, 1.54) is 0 Å². The second-order valence-electron chi connectivity index (χ2n) is 5.02. The lowest BCUT2D eigenvalue weighted by molar-refractivity contribution is 0.0526. The molecule has 0 bridgehead atoms. The van der Waals surface area contributed by atoms with Crippen molar-refractivity contribution in [2.75, 3.05) is 26.4 Å². The summed E-state index contributed by atoms with van der Waals surface area (Å²) >= 11 is 0. The number of carbonyl (C=O) groups excluding carboxylic acids is 1. The minimum Gasteiger partial charge on any atom is -0.462 e. The molecule has 1 fully saturated rings. The maximum Gasteiger partial charge on any atom is 0.339 e. The van der Waals surface area contributed by atoms with Crippen molar-refractivity contribution in [2.24, 2.45) is 0 Å². The SMILES string of the molecule is CCOC(=O)c1cc(C)c(C2COCCCN2)cc1C#N. The average molecular weight is 288 g/mol. The Labute approximate surface area is 124 Å². The summed E-state index contributed by atoms with van der Waals surface area (Å²) in [5.41, 5.74) is 2.64. The third-order valence-electron chi connectivity index (χ3n) is 3.54. The van der Waals surface area contributed by atoms with Gasteiger partial charge in [-0.15, -0.1) is 0 Å². The Kier molecular flexibility index (Phi) is 5.32. The number of carbonyl (C=O) groups is 1. The minimum absolute atomic E-state index is 0.0517. The van der Waals surface area contributed by atoms with Gasteiger partial charge in [0.25, 0.3) is 0 Å². The molecular weight excluding hydrogens is 268 g/mol. The normalized spacial score (nSPS) is 18.6. The van der Waals surface area contributed by atoms with Crippen molar-refractivity contribution in [1.29, 1.82) is 5.26 Å². The lowest BCUT2D eigenvalue weighted by Gasteiger charge is -2.19. The van der Waals surface area contributed by atoms with Crippen LogP contribution in [0.2, 0.25) is 0 Å². The number of hydrogen-bond donors (Lipinski definition) is 1. The van der Waals surface area contributed by atoms with E-state index in [9.17, 15) is 10.1 Å². The van der Waals surface area contributed by atoms with Crippen LogP contribution < -0.4 is 5.32 Å². The molecule has 1 unspecified atom stereocenters. The Balaban J connectivity index is 2.36. The summed E-state index contributed by atoms with van der Waals surface area (Å²) in [4.78, 5) is 11.9. The van der Waals surface area contributed by atoms with E-state index in [1.54, 1.807) is 19.1 Å². The Morgan fingerprint density at radius 2 is 2.38 bits per heavy atom. The Morgan fingerprint density at radius 1 is 1.57 bits per heavy atom. The van der Waals surface area contributed by atoms with E-state index in [1.807, 2.05) is 6.92 Å². The van der Waals surface area contributed by atoms with Crippen LogP contribution in [0.15, 0.2) is 12.1 Å². The lowest BCUT2D eigenvalue weighted by Crippen LogP contribution is -2.24. The molecule has 0 amide bonds. The van der Waals surface area contributed by atoms with E-state index in [0.29, 0.717) is 24.3 Å². The molecule has 1 atom stereocenters. The van der Waals surface area contributed by atoms with Gasteiger partial charge in [0, 0.05) is 6.61 Å². The zero-order chi connectivity index (χ0) is 15.2. The zero-order valence-electron chi connectivity index (χ0n) is 12.4. The lowest BCUT2D eigenvalue weighted by atomic mass is 9.95. The summed E-state index contributed by atoms with van der Waals surface area (Å²) in [6.07, 6.45) is 0.974. The van der Waals surface area contributed by atoms with Crippen molar-refractivity contribution in [1.82, 2.24) is 5.32 Å². The summed E-state index contributed by atoms with van der Waals surface area (Å²) in [5.74, 6) is -0.450. The summed E-state index contributed by atoms with van der Waals surface area (Å²) in [6, 6.07) is 5.65. The molecule has 2 rings (SSSR count). The van der Waals surface area contributed by atoms with Gasteiger partial charge in [-0.3, -0.25) is 0 Å². The quantitative estimate of drug-likeness (QED) is 0.862. The summed E-state index contributed by atoms with van der Waals surface area (Å²) in [5, 5.41) is 12.7. The molecule has 0 spiro atoms. The van der Waals surface area contributed by atoms with Crippen LogP contribution in [0.5, 0.6) is 0 Å². The van der Waals surface area contributed by atoms with Crippen LogP contribution in [0.1, 0.15) is 46.4 Å². The van der Waals surface area contributed by atoms with Crippen LogP contribution in [0.25, 0.3) is 0 Å². The third kappa shape index (κ3) is 3.60. The van der Waals surface area contributed by atoms with Gasteiger partial charge in [0.2, 0.25) is 0 Å². The van der Waals surface area contributed by atoms with E-state index < -0.39 is 5.97 Å². The third-order valence-corrected chi connectivity index (χ3v) is 3.54. The number of hydrogen-bond acceptors (Lipinski definition) is 5. The highest BCUT2D eigenvalue weighted by molar-refractivity contribution is 5.92. The van der Waals surface area contributed by atoms with E-state index in [-0.39, 0.29) is 6.04 Å². The van der Waals surface area contributed by atoms with Gasteiger partial charge in [-0.2, -0.15) is 5.26 Å². The van der Waals surface area contributed by atoms with Crippen LogP contribution in [0.4, 0.5) is 0 Å². The first-order chi connectivity index (χ1) is 10.2. The summed E-state index contributed by atoms with van der Waals surface area (Å²) < 4.78 is 10.6. The molecule has 0 saturated carbocycles. The average Bonchev–Trinajstić information content (AvgIpc) is 2.76. The fraction of sp³-hybridized carbons (Fsp3) is 0.500. The standard InChI is InChI=1S/C16H20N2O3/c1-3-21-16(19)14-7-11(2)13(8-12(14)9-17)15-10-20-6-4-5-18-15/h7-8,15,18H,3-6,10H2,1-2H3. The fourth-order valence-corrected chi connectivity index (χ4v) is 2.48. The number of nitrogens with zero attached hydrogens (tertiary/aromatic N) is 1. The molecule has 1 N–H and O–H groups in total. The van der Waals surface area contributed by atoms with Crippen LogP contribution in [-0.4, -0.2) is 32.3 Å². The maximum absolute atomic E-state index is 11.9. The number of nitrogens with one attached hydrogen (secondary N) is 1. The molecule has 0 radical (unpaired) electrons. The molecule has 1 saturated heterocycles. The number of benzene rings is 1. The van der Waals surface area contributed by atoms with E-state index >= 15 is 0 Å². The van der Waals surface area contributed by atoms with Crippen LogP contribution >= 0.6 is 0 Å². The first kappa shape index (κ1) is 15.5. The number of aryl methyl sites for hydroxylation is 1. The zero-order valence-corrected chi connectivity index (χ0v) is 12.4. The Hall–Kier alpha value is -1.90. The molecule has 0 aliphatic carbocycles. The van der Waals surface area contributed by atoms with Gasteiger partial charge < -0.3 is 14.8 Å². The van der Waals surface area contributed by atoms with E-state index in [2.05, 4.69) is 11.4 Å². The van der Waals surface area contributed by atoms with Crippen molar-refractivity contribution in [3.63, 3.8) is 0 Å². The van der Waals surface area contributed by atoms with Gasteiger partial charge in [0.05, 0.1) is 30.4 Å². The monoisotopic (exact) mass is 288 g/mol. The molecule has 5 nitrogen and oxygen atoms in total. The van der Waals surface area contributed by atoms with Crippen LogP contribution in [0, 0.1) is 18.3 Å². The van der Waals surface area contributed by atoms with Gasteiger partial charge in [-0.25, -0.2) is 4.79 Å². The predicted octanol–water partition coefficient (Wildman–Crippen LogP) is 2.09. The molecule has 5 heteroatoms. The number of rotatable bonds is 3. The topological polar surface area (TPSA) is 71.3 Å². The van der Waals surface area contributed by atoms with Crippen molar-refractivity contribution in [3.05, 3.63) is 34.4 Å².